The molecule has 2 aromatic rings. The molecule has 1 fully saturated rings. The van der Waals surface area contributed by atoms with E-state index in [1.165, 1.54) is 22.2 Å². The molecule has 0 bridgehead atoms. The molecule has 0 atom stereocenters. The first-order valence-corrected chi connectivity index (χ1v) is 7.36. The van der Waals surface area contributed by atoms with E-state index < -0.39 is 0 Å². The molecule has 1 amide bonds. The van der Waals surface area contributed by atoms with Crippen molar-refractivity contribution in [3.05, 3.63) is 27.1 Å². The summed E-state index contributed by atoms with van der Waals surface area (Å²) < 4.78 is 1.45. The quantitative estimate of drug-likeness (QED) is 0.823. The van der Waals surface area contributed by atoms with Crippen LogP contribution in [0, 0.1) is 6.92 Å². The maximum atomic E-state index is 12.6. The molecule has 2 aromatic heterocycles. The molecule has 0 unspecified atom stereocenters. The highest BCUT2D eigenvalue weighted by atomic mass is 32.1. The van der Waals surface area contributed by atoms with Crippen LogP contribution in [-0.2, 0) is 7.05 Å². The van der Waals surface area contributed by atoms with Crippen LogP contribution >= 0.6 is 11.3 Å². The molecule has 3 rings (SSSR count). The van der Waals surface area contributed by atoms with Gasteiger partial charge in [-0.3, -0.25) is 9.59 Å². The van der Waals surface area contributed by atoms with Crippen LogP contribution in [0.25, 0.3) is 10.2 Å². The Morgan fingerprint density at radius 1 is 1.40 bits per heavy atom. The van der Waals surface area contributed by atoms with Gasteiger partial charge in [0.25, 0.3) is 11.5 Å². The van der Waals surface area contributed by atoms with E-state index in [9.17, 15) is 9.59 Å². The molecule has 0 aromatic carbocycles. The second kappa shape index (κ2) is 4.99. The van der Waals surface area contributed by atoms with Crippen LogP contribution in [0.3, 0.4) is 0 Å². The molecule has 106 valence electrons. The fourth-order valence-corrected chi connectivity index (χ4v) is 3.53. The van der Waals surface area contributed by atoms with Gasteiger partial charge in [0.1, 0.15) is 4.83 Å². The maximum Gasteiger partial charge on any atom is 0.264 e. The zero-order chi connectivity index (χ0) is 14.3. The minimum Gasteiger partial charge on any atom is -0.335 e. The maximum absolute atomic E-state index is 12.6. The van der Waals surface area contributed by atoms with Crippen LogP contribution in [0.15, 0.2) is 11.1 Å². The molecule has 6 nitrogen and oxygen atoms in total. The standard InChI is InChI=1S/C13H16N4O2S/c1-8-9-11(15-7-16(2)12(9)18)20-10(8)13(19)17-5-3-14-4-6-17/h7,14H,3-6H2,1-2H3. The average Bonchev–Trinajstić information content (AvgIpc) is 2.81. The van der Waals surface area contributed by atoms with Crippen molar-refractivity contribution in [3.63, 3.8) is 0 Å². The molecule has 1 N–H and O–H groups in total. The highest BCUT2D eigenvalue weighted by molar-refractivity contribution is 7.20. The van der Waals surface area contributed by atoms with E-state index in [1.54, 1.807) is 7.05 Å². The van der Waals surface area contributed by atoms with Crippen LogP contribution in [-0.4, -0.2) is 46.5 Å². The minimum atomic E-state index is -0.0943. The van der Waals surface area contributed by atoms with Gasteiger partial charge in [0.2, 0.25) is 0 Å². The van der Waals surface area contributed by atoms with Gasteiger partial charge in [-0.05, 0) is 12.5 Å². The second-order valence-electron chi connectivity index (χ2n) is 4.94. The summed E-state index contributed by atoms with van der Waals surface area (Å²) in [6.45, 7) is 4.87. The number of nitrogens with one attached hydrogen (secondary N) is 1. The fraction of sp³-hybridized carbons (Fsp3) is 0.462. The number of hydrogen-bond donors (Lipinski definition) is 1. The Balaban J connectivity index is 2.08. The van der Waals surface area contributed by atoms with Crippen molar-refractivity contribution in [2.24, 2.45) is 7.05 Å². The first-order chi connectivity index (χ1) is 9.59. The number of carbonyl (C=O) groups is 1. The topological polar surface area (TPSA) is 67.2 Å². The number of piperazine rings is 1. The summed E-state index contributed by atoms with van der Waals surface area (Å²) >= 11 is 1.31. The third kappa shape index (κ3) is 2.03. The van der Waals surface area contributed by atoms with Gasteiger partial charge >= 0.3 is 0 Å². The third-order valence-corrected chi connectivity index (χ3v) is 4.80. The Labute approximate surface area is 120 Å². The highest BCUT2D eigenvalue weighted by Crippen LogP contribution is 2.27. The van der Waals surface area contributed by atoms with Crippen molar-refractivity contribution >= 4 is 27.5 Å². The number of nitrogens with zero attached hydrogens (tertiary/aromatic N) is 3. The van der Waals surface area contributed by atoms with Crippen LogP contribution in [0.5, 0.6) is 0 Å². The Morgan fingerprint density at radius 2 is 2.10 bits per heavy atom. The molecule has 0 spiro atoms. The van der Waals surface area contributed by atoms with E-state index in [0.29, 0.717) is 28.2 Å². The Bertz CT molecular complexity index is 728. The first kappa shape index (κ1) is 13.3. The largest absolute Gasteiger partial charge is 0.335 e. The summed E-state index contributed by atoms with van der Waals surface area (Å²) in [5.41, 5.74) is 0.658. The van der Waals surface area contributed by atoms with E-state index in [4.69, 9.17) is 0 Å². The van der Waals surface area contributed by atoms with Crippen molar-refractivity contribution in [2.45, 2.75) is 6.92 Å². The first-order valence-electron chi connectivity index (χ1n) is 6.54. The number of aromatic nitrogens is 2. The number of carbonyl (C=O) groups excluding carboxylic acids is 1. The molecule has 0 saturated carbocycles. The zero-order valence-corrected chi connectivity index (χ0v) is 12.3. The fourth-order valence-electron chi connectivity index (χ4n) is 2.42. The average molecular weight is 292 g/mol. The second-order valence-corrected chi connectivity index (χ2v) is 5.94. The molecule has 0 aliphatic carbocycles. The van der Waals surface area contributed by atoms with Crippen molar-refractivity contribution in [3.8, 4) is 0 Å². The summed E-state index contributed by atoms with van der Waals surface area (Å²) in [7, 11) is 1.67. The molecule has 7 heteroatoms. The predicted molar refractivity (Wildman–Crippen MR) is 78.4 cm³/mol. The number of rotatable bonds is 1. The summed E-state index contributed by atoms with van der Waals surface area (Å²) in [5.74, 6) is 0.00838. The summed E-state index contributed by atoms with van der Waals surface area (Å²) in [6.07, 6.45) is 1.50. The van der Waals surface area contributed by atoms with E-state index in [0.717, 1.165) is 18.7 Å². The molecule has 1 aliphatic heterocycles. The molecule has 20 heavy (non-hydrogen) atoms. The molecule has 0 radical (unpaired) electrons. The van der Waals surface area contributed by atoms with Gasteiger partial charge in [-0.25, -0.2) is 4.98 Å². The van der Waals surface area contributed by atoms with Gasteiger partial charge in [-0.15, -0.1) is 11.3 Å². The van der Waals surface area contributed by atoms with Crippen LogP contribution in [0.1, 0.15) is 15.2 Å². The number of amides is 1. The molecule has 1 aliphatic rings. The van der Waals surface area contributed by atoms with Crippen molar-refractivity contribution in [1.82, 2.24) is 19.8 Å². The molecular formula is C13H16N4O2S. The SMILES string of the molecule is Cc1c(C(=O)N2CCNCC2)sc2ncn(C)c(=O)c12. The van der Waals surface area contributed by atoms with Crippen molar-refractivity contribution < 1.29 is 4.79 Å². The normalized spacial score (nSPS) is 15.8. The lowest BCUT2D eigenvalue weighted by atomic mass is 10.2. The van der Waals surface area contributed by atoms with E-state index in [-0.39, 0.29) is 11.5 Å². The van der Waals surface area contributed by atoms with Crippen LogP contribution in [0.4, 0.5) is 0 Å². The van der Waals surface area contributed by atoms with Crippen molar-refractivity contribution in [2.75, 3.05) is 26.2 Å². The van der Waals surface area contributed by atoms with E-state index >= 15 is 0 Å². The molecular weight excluding hydrogens is 276 g/mol. The lowest BCUT2D eigenvalue weighted by Crippen LogP contribution is -2.46. The summed E-state index contributed by atoms with van der Waals surface area (Å²) in [6, 6.07) is 0. The van der Waals surface area contributed by atoms with Gasteiger partial charge in [0.15, 0.2) is 0 Å². The van der Waals surface area contributed by atoms with Crippen LogP contribution < -0.4 is 10.9 Å². The highest BCUT2D eigenvalue weighted by Gasteiger charge is 2.24. The predicted octanol–water partition coefficient (Wildman–Crippen LogP) is 0.349. The van der Waals surface area contributed by atoms with Crippen LogP contribution in [0.2, 0.25) is 0 Å². The summed E-state index contributed by atoms with van der Waals surface area (Å²) in [5, 5.41) is 3.79. The zero-order valence-electron chi connectivity index (χ0n) is 11.5. The van der Waals surface area contributed by atoms with Gasteiger partial charge in [0.05, 0.1) is 16.6 Å². The number of fused-ring (bicyclic) bond motifs is 1. The van der Waals surface area contributed by atoms with E-state index in [2.05, 4.69) is 10.3 Å². The third-order valence-electron chi connectivity index (χ3n) is 3.61. The Hall–Kier alpha value is -1.73. The number of aryl methyl sites for hydroxylation is 2. The lowest BCUT2D eigenvalue weighted by Gasteiger charge is -2.27. The monoisotopic (exact) mass is 292 g/mol. The van der Waals surface area contributed by atoms with Gasteiger partial charge < -0.3 is 14.8 Å². The Kier molecular flexibility index (Phi) is 3.31. The Morgan fingerprint density at radius 3 is 2.80 bits per heavy atom. The minimum absolute atomic E-state index is 0.00838. The molecule has 3 heterocycles. The van der Waals surface area contributed by atoms with Gasteiger partial charge in [0, 0.05) is 33.2 Å². The van der Waals surface area contributed by atoms with Gasteiger partial charge in [-0.2, -0.15) is 0 Å². The number of hydrogen-bond acceptors (Lipinski definition) is 5. The lowest BCUT2D eigenvalue weighted by molar-refractivity contribution is 0.0740. The molecule has 1 saturated heterocycles. The summed E-state index contributed by atoms with van der Waals surface area (Å²) in [4.78, 5) is 32.1. The van der Waals surface area contributed by atoms with E-state index in [1.807, 2.05) is 11.8 Å². The smallest absolute Gasteiger partial charge is 0.264 e. The number of thiophene rings is 1. The van der Waals surface area contributed by atoms with Gasteiger partial charge in [-0.1, -0.05) is 0 Å². The van der Waals surface area contributed by atoms with Crippen molar-refractivity contribution in [1.29, 1.82) is 0 Å².